The Labute approximate surface area is 151 Å². The van der Waals surface area contributed by atoms with Crippen LogP contribution in [-0.2, 0) is 0 Å². The Morgan fingerprint density at radius 1 is 1.19 bits per heavy atom. The highest BCUT2D eigenvalue weighted by molar-refractivity contribution is 6.31. The second-order valence-corrected chi connectivity index (χ2v) is 5.62. The molecule has 9 heteroatoms. The van der Waals surface area contributed by atoms with Gasteiger partial charge in [0.1, 0.15) is 17.2 Å². The highest BCUT2D eigenvalue weighted by Gasteiger charge is 2.14. The number of benzene rings is 2. The van der Waals surface area contributed by atoms with E-state index >= 15 is 0 Å². The zero-order valence-electron chi connectivity index (χ0n) is 13.0. The van der Waals surface area contributed by atoms with Gasteiger partial charge >= 0.3 is 6.61 Å². The van der Waals surface area contributed by atoms with Crippen LogP contribution >= 0.6 is 11.6 Å². The number of aromatic amines is 1. The number of nitrogens with one attached hydrogen (secondary N) is 2. The molecule has 1 amide bonds. The predicted molar refractivity (Wildman–Crippen MR) is 91.7 cm³/mol. The maximum atomic E-state index is 12.3. The van der Waals surface area contributed by atoms with Crippen LogP contribution in [0.15, 0.2) is 48.5 Å². The summed E-state index contributed by atoms with van der Waals surface area (Å²) in [6.07, 6.45) is 0. The number of alkyl halides is 2. The van der Waals surface area contributed by atoms with Crippen LogP contribution in [0.3, 0.4) is 0 Å². The van der Waals surface area contributed by atoms with E-state index < -0.39 is 12.5 Å². The minimum absolute atomic E-state index is 0.0219. The van der Waals surface area contributed by atoms with Gasteiger partial charge in [-0.25, -0.2) is 0 Å². The van der Waals surface area contributed by atoms with Crippen LogP contribution in [0.25, 0.3) is 11.3 Å². The van der Waals surface area contributed by atoms with Gasteiger partial charge in [0, 0.05) is 10.6 Å². The number of rotatable bonds is 5. The van der Waals surface area contributed by atoms with Gasteiger partial charge in [0.25, 0.3) is 5.91 Å². The molecular formula is C17H12ClF2N3O3. The lowest BCUT2D eigenvalue weighted by Crippen LogP contribution is -2.12. The second kappa shape index (κ2) is 7.40. The molecule has 0 spiro atoms. The third-order valence-corrected chi connectivity index (χ3v) is 3.64. The van der Waals surface area contributed by atoms with E-state index in [9.17, 15) is 18.7 Å². The summed E-state index contributed by atoms with van der Waals surface area (Å²) in [6, 6.07) is 11.6. The number of nitrogens with zero attached hydrogens (tertiary/aromatic N) is 1. The Balaban J connectivity index is 1.74. The standard InChI is InChI=1S/C17H12ClF2N3O3/c18-10-3-6-15(24)13(7-10)21-16(25)14-8-12(22-23-14)9-1-4-11(5-2-9)26-17(19)20/h1-8,17,24H,(H,21,25)(H,22,23). The summed E-state index contributed by atoms with van der Waals surface area (Å²) < 4.78 is 28.6. The minimum atomic E-state index is -2.90. The molecule has 0 saturated heterocycles. The van der Waals surface area contributed by atoms with Crippen LogP contribution in [0.4, 0.5) is 14.5 Å². The van der Waals surface area contributed by atoms with Crippen LogP contribution in [0.5, 0.6) is 11.5 Å². The average Bonchev–Trinajstić information content (AvgIpc) is 3.08. The van der Waals surface area contributed by atoms with Gasteiger partial charge in [-0.05, 0) is 48.5 Å². The van der Waals surface area contributed by atoms with Crippen molar-refractivity contribution in [2.75, 3.05) is 5.32 Å². The molecule has 3 rings (SSSR count). The number of carbonyl (C=O) groups excluding carboxylic acids is 1. The molecule has 0 unspecified atom stereocenters. The molecule has 1 aromatic heterocycles. The molecule has 0 aliphatic heterocycles. The first-order valence-corrected chi connectivity index (χ1v) is 7.70. The van der Waals surface area contributed by atoms with Gasteiger partial charge in [-0.1, -0.05) is 11.6 Å². The van der Waals surface area contributed by atoms with Gasteiger partial charge in [0.2, 0.25) is 0 Å². The van der Waals surface area contributed by atoms with Crippen LogP contribution < -0.4 is 10.1 Å². The third-order valence-electron chi connectivity index (χ3n) is 3.40. The van der Waals surface area contributed by atoms with Crippen molar-refractivity contribution in [3.8, 4) is 22.8 Å². The van der Waals surface area contributed by atoms with Crippen molar-refractivity contribution in [1.29, 1.82) is 0 Å². The summed E-state index contributed by atoms with van der Waals surface area (Å²) >= 11 is 5.83. The lowest BCUT2D eigenvalue weighted by Gasteiger charge is -2.06. The molecular weight excluding hydrogens is 368 g/mol. The van der Waals surface area contributed by atoms with E-state index in [1.807, 2.05) is 0 Å². The van der Waals surface area contributed by atoms with E-state index in [4.69, 9.17) is 11.6 Å². The summed E-state index contributed by atoms with van der Waals surface area (Å²) in [7, 11) is 0. The van der Waals surface area contributed by atoms with E-state index in [0.717, 1.165) is 0 Å². The fourth-order valence-corrected chi connectivity index (χ4v) is 2.36. The van der Waals surface area contributed by atoms with E-state index in [1.54, 1.807) is 12.1 Å². The predicted octanol–water partition coefficient (Wildman–Crippen LogP) is 4.29. The normalized spacial score (nSPS) is 10.8. The SMILES string of the molecule is O=C(Nc1cc(Cl)ccc1O)c1cc(-c2ccc(OC(F)F)cc2)n[nH]1. The highest BCUT2D eigenvalue weighted by atomic mass is 35.5. The molecule has 0 radical (unpaired) electrons. The zero-order valence-corrected chi connectivity index (χ0v) is 13.8. The molecule has 0 fully saturated rings. The number of aromatic hydroxyl groups is 1. The quantitative estimate of drug-likeness (QED) is 0.577. The van der Waals surface area contributed by atoms with Crippen molar-refractivity contribution >= 4 is 23.2 Å². The molecule has 1 heterocycles. The van der Waals surface area contributed by atoms with Gasteiger partial charge in [0.15, 0.2) is 0 Å². The van der Waals surface area contributed by atoms with Crippen molar-refractivity contribution in [2.45, 2.75) is 6.61 Å². The monoisotopic (exact) mass is 379 g/mol. The molecule has 3 aromatic rings. The van der Waals surface area contributed by atoms with Gasteiger partial charge in [-0.3, -0.25) is 9.89 Å². The number of phenolic OH excluding ortho intramolecular Hbond substituents is 1. The summed E-state index contributed by atoms with van der Waals surface area (Å²) in [5.74, 6) is -0.634. The van der Waals surface area contributed by atoms with Gasteiger partial charge in [0.05, 0.1) is 11.4 Å². The molecule has 26 heavy (non-hydrogen) atoms. The number of phenols is 1. The van der Waals surface area contributed by atoms with Crippen LogP contribution in [0.1, 0.15) is 10.5 Å². The fraction of sp³-hybridized carbons (Fsp3) is 0.0588. The van der Waals surface area contributed by atoms with Crippen LogP contribution in [0.2, 0.25) is 5.02 Å². The lowest BCUT2D eigenvalue weighted by molar-refractivity contribution is -0.0498. The van der Waals surface area contributed by atoms with Crippen molar-refractivity contribution in [3.05, 3.63) is 59.2 Å². The largest absolute Gasteiger partial charge is 0.506 e. The number of ether oxygens (including phenoxy) is 1. The summed E-state index contributed by atoms with van der Waals surface area (Å²) in [4.78, 5) is 12.3. The molecule has 0 atom stereocenters. The first-order chi connectivity index (χ1) is 12.4. The number of anilines is 1. The number of H-pyrrole nitrogens is 1. The Kier molecular flexibility index (Phi) is 5.04. The number of amides is 1. The van der Waals surface area contributed by atoms with Crippen LogP contribution in [0, 0.1) is 0 Å². The zero-order chi connectivity index (χ0) is 18.7. The van der Waals surface area contributed by atoms with Crippen molar-refractivity contribution < 1.29 is 23.4 Å². The second-order valence-electron chi connectivity index (χ2n) is 5.19. The maximum absolute atomic E-state index is 12.3. The van der Waals surface area contributed by atoms with E-state index in [0.29, 0.717) is 16.3 Å². The first kappa shape index (κ1) is 17.7. The first-order valence-electron chi connectivity index (χ1n) is 7.33. The summed E-state index contributed by atoms with van der Waals surface area (Å²) in [5.41, 5.74) is 1.35. The van der Waals surface area contributed by atoms with Gasteiger partial charge in [-0.2, -0.15) is 13.9 Å². The molecule has 0 aliphatic carbocycles. The average molecular weight is 380 g/mol. The Morgan fingerprint density at radius 2 is 1.92 bits per heavy atom. The third kappa shape index (κ3) is 4.09. The van der Waals surface area contributed by atoms with Gasteiger partial charge < -0.3 is 15.2 Å². The maximum Gasteiger partial charge on any atom is 0.387 e. The Hall–Kier alpha value is -3.13. The van der Waals surface area contributed by atoms with Gasteiger partial charge in [-0.15, -0.1) is 0 Å². The molecule has 0 aliphatic rings. The number of carbonyl (C=O) groups is 1. The molecule has 2 aromatic carbocycles. The van der Waals surface area contributed by atoms with Crippen molar-refractivity contribution in [2.24, 2.45) is 0 Å². The molecule has 3 N–H and O–H groups in total. The minimum Gasteiger partial charge on any atom is -0.506 e. The summed E-state index contributed by atoms with van der Waals surface area (Å²) in [5, 5.41) is 19.2. The van der Waals surface area contributed by atoms with Crippen molar-refractivity contribution in [1.82, 2.24) is 10.2 Å². The van der Waals surface area contributed by atoms with E-state index in [2.05, 4.69) is 20.3 Å². The Bertz CT molecular complexity index is 929. The van der Waals surface area contributed by atoms with E-state index in [1.165, 1.54) is 36.4 Å². The molecule has 0 saturated carbocycles. The molecule has 134 valence electrons. The van der Waals surface area contributed by atoms with E-state index in [-0.39, 0.29) is 22.9 Å². The molecule has 6 nitrogen and oxygen atoms in total. The number of hydrogen-bond acceptors (Lipinski definition) is 4. The topological polar surface area (TPSA) is 87.2 Å². The summed E-state index contributed by atoms with van der Waals surface area (Å²) in [6.45, 7) is -2.90. The van der Waals surface area contributed by atoms with Crippen LogP contribution in [-0.4, -0.2) is 27.8 Å². The number of aromatic nitrogens is 2. The highest BCUT2D eigenvalue weighted by Crippen LogP contribution is 2.27. The molecule has 0 bridgehead atoms. The van der Waals surface area contributed by atoms with Crippen molar-refractivity contribution in [3.63, 3.8) is 0 Å². The Morgan fingerprint density at radius 3 is 2.62 bits per heavy atom. The smallest absolute Gasteiger partial charge is 0.387 e. The fourth-order valence-electron chi connectivity index (χ4n) is 2.19. The number of hydrogen-bond donors (Lipinski definition) is 3. The number of halogens is 3. The lowest BCUT2D eigenvalue weighted by atomic mass is 10.1.